The van der Waals surface area contributed by atoms with Crippen LogP contribution < -0.4 is 5.32 Å². The van der Waals surface area contributed by atoms with Gasteiger partial charge in [-0.1, -0.05) is 13.8 Å². The Morgan fingerprint density at radius 1 is 1.23 bits per heavy atom. The van der Waals surface area contributed by atoms with Crippen LogP contribution in [0.15, 0.2) is 0 Å². The zero-order valence-electron chi connectivity index (χ0n) is 8.66. The van der Waals surface area contributed by atoms with Crippen molar-refractivity contribution in [3.63, 3.8) is 0 Å². The molecule has 2 fully saturated rings. The minimum Gasteiger partial charge on any atom is -0.392 e. The molecule has 0 unspecified atom stereocenters. The Hall–Kier alpha value is -0.0800. The van der Waals surface area contributed by atoms with Gasteiger partial charge in [0, 0.05) is 12.1 Å². The third-order valence-corrected chi connectivity index (χ3v) is 3.81. The van der Waals surface area contributed by atoms with Crippen LogP contribution in [0.3, 0.4) is 0 Å². The summed E-state index contributed by atoms with van der Waals surface area (Å²) in [6.07, 6.45) is 4.75. The molecular weight excluding hydrogens is 162 g/mol. The van der Waals surface area contributed by atoms with Crippen molar-refractivity contribution >= 4 is 0 Å². The van der Waals surface area contributed by atoms with E-state index in [9.17, 15) is 5.11 Å². The van der Waals surface area contributed by atoms with E-state index in [0.29, 0.717) is 12.1 Å². The van der Waals surface area contributed by atoms with E-state index in [1.165, 1.54) is 19.3 Å². The molecule has 0 aromatic carbocycles. The Balaban J connectivity index is 1.64. The fourth-order valence-corrected chi connectivity index (χ4v) is 2.32. The van der Waals surface area contributed by atoms with Gasteiger partial charge in [0.05, 0.1) is 6.10 Å². The van der Waals surface area contributed by atoms with Gasteiger partial charge in [0.2, 0.25) is 0 Å². The Bertz CT molecular complexity index is 175. The Morgan fingerprint density at radius 2 is 1.92 bits per heavy atom. The van der Waals surface area contributed by atoms with Gasteiger partial charge in [-0.3, -0.25) is 0 Å². The van der Waals surface area contributed by atoms with Crippen molar-refractivity contribution in [2.75, 3.05) is 0 Å². The van der Waals surface area contributed by atoms with Gasteiger partial charge in [0.1, 0.15) is 0 Å². The predicted molar refractivity (Wildman–Crippen MR) is 53.5 cm³/mol. The lowest BCUT2D eigenvalue weighted by Crippen LogP contribution is -2.55. The van der Waals surface area contributed by atoms with E-state index in [4.69, 9.17) is 0 Å². The topological polar surface area (TPSA) is 32.3 Å². The summed E-state index contributed by atoms with van der Waals surface area (Å²) in [7, 11) is 0. The number of rotatable bonds is 3. The van der Waals surface area contributed by atoms with Gasteiger partial charge in [0.15, 0.2) is 0 Å². The summed E-state index contributed by atoms with van der Waals surface area (Å²) >= 11 is 0. The second-order valence-electron chi connectivity index (χ2n) is 5.09. The summed E-state index contributed by atoms with van der Waals surface area (Å²) in [5.41, 5.74) is 0. The predicted octanol–water partition coefficient (Wildman–Crippen LogP) is 1.53. The maximum atomic E-state index is 9.39. The van der Waals surface area contributed by atoms with Crippen LogP contribution in [0.2, 0.25) is 0 Å². The monoisotopic (exact) mass is 183 g/mol. The molecule has 2 atom stereocenters. The van der Waals surface area contributed by atoms with Crippen LogP contribution >= 0.6 is 0 Å². The third-order valence-electron chi connectivity index (χ3n) is 3.81. The molecule has 13 heavy (non-hydrogen) atoms. The van der Waals surface area contributed by atoms with Crippen LogP contribution in [-0.4, -0.2) is 23.3 Å². The number of hydrogen-bond donors (Lipinski definition) is 2. The van der Waals surface area contributed by atoms with Gasteiger partial charge in [-0.2, -0.15) is 0 Å². The molecular formula is C11H21NO. The SMILES string of the molecule is CC(C)C1CC(N[C@@H]2CC[C@H]2O)C1. The summed E-state index contributed by atoms with van der Waals surface area (Å²) in [6.45, 7) is 4.61. The van der Waals surface area contributed by atoms with E-state index in [-0.39, 0.29) is 6.10 Å². The second kappa shape index (κ2) is 3.58. The Kier molecular flexibility index (Phi) is 2.61. The van der Waals surface area contributed by atoms with E-state index in [1.807, 2.05) is 0 Å². The summed E-state index contributed by atoms with van der Waals surface area (Å²) in [4.78, 5) is 0. The first-order valence-electron chi connectivity index (χ1n) is 5.61. The van der Waals surface area contributed by atoms with Gasteiger partial charge < -0.3 is 10.4 Å². The highest BCUT2D eigenvalue weighted by molar-refractivity contribution is 4.94. The van der Waals surface area contributed by atoms with E-state index >= 15 is 0 Å². The number of hydrogen-bond acceptors (Lipinski definition) is 2. The number of aliphatic hydroxyl groups excluding tert-OH is 1. The molecule has 2 N–H and O–H groups in total. The first-order chi connectivity index (χ1) is 6.16. The number of aliphatic hydroxyl groups is 1. The highest BCUT2D eigenvalue weighted by atomic mass is 16.3. The molecule has 0 radical (unpaired) electrons. The highest BCUT2D eigenvalue weighted by Crippen LogP contribution is 2.35. The van der Waals surface area contributed by atoms with Gasteiger partial charge in [-0.15, -0.1) is 0 Å². The van der Waals surface area contributed by atoms with Crippen molar-refractivity contribution in [1.82, 2.24) is 5.32 Å². The summed E-state index contributed by atoms with van der Waals surface area (Å²) in [5.74, 6) is 1.76. The van der Waals surface area contributed by atoms with Crippen molar-refractivity contribution < 1.29 is 5.11 Å². The summed E-state index contributed by atoms with van der Waals surface area (Å²) in [5, 5.41) is 12.9. The second-order valence-corrected chi connectivity index (χ2v) is 5.09. The normalized spacial score (nSPS) is 44.3. The molecule has 2 aliphatic carbocycles. The molecule has 0 spiro atoms. The van der Waals surface area contributed by atoms with Crippen LogP contribution in [0.4, 0.5) is 0 Å². The average molecular weight is 183 g/mol. The van der Waals surface area contributed by atoms with Crippen LogP contribution in [0, 0.1) is 11.8 Å². The van der Waals surface area contributed by atoms with Crippen molar-refractivity contribution in [2.45, 2.75) is 57.7 Å². The van der Waals surface area contributed by atoms with Gasteiger partial charge in [-0.25, -0.2) is 0 Å². The molecule has 2 nitrogen and oxygen atoms in total. The lowest BCUT2D eigenvalue weighted by Gasteiger charge is -2.44. The lowest BCUT2D eigenvalue weighted by atomic mass is 9.72. The molecule has 0 aromatic rings. The van der Waals surface area contributed by atoms with Crippen LogP contribution in [0.1, 0.15) is 39.5 Å². The fourth-order valence-electron chi connectivity index (χ4n) is 2.32. The summed E-state index contributed by atoms with van der Waals surface area (Å²) < 4.78 is 0. The van der Waals surface area contributed by atoms with Gasteiger partial charge in [-0.05, 0) is 37.5 Å². The maximum absolute atomic E-state index is 9.39. The summed E-state index contributed by atoms with van der Waals surface area (Å²) in [6, 6.07) is 1.12. The van der Waals surface area contributed by atoms with E-state index in [0.717, 1.165) is 18.3 Å². The van der Waals surface area contributed by atoms with Crippen LogP contribution in [0.5, 0.6) is 0 Å². The van der Waals surface area contributed by atoms with E-state index in [2.05, 4.69) is 19.2 Å². The largest absolute Gasteiger partial charge is 0.392 e. The molecule has 76 valence electrons. The van der Waals surface area contributed by atoms with E-state index in [1.54, 1.807) is 0 Å². The number of nitrogens with one attached hydrogen (secondary N) is 1. The zero-order valence-corrected chi connectivity index (χ0v) is 8.66. The Labute approximate surface area is 80.7 Å². The zero-order chi connectivity index (χ0) is 9.42. The van der Waals surface area contributed by atoms with Crippen molar-refractivity contribution in [1.29, 1.82) is 0 Å². The molecule has 0 saturated heterocycles. The first-order valence-corrected chi connectivity index (χ1v) is 5.61. The van der Waals surface area contributed by atoms with E-state index < -0.39 is 0 Å². The molecule has 0 heterocycles. The highest BCUT2D eigenvalue weighted by Gasteiger charge is 2.36. The smallest absolute Gasteiger partial charge is 0.0693 e. The third kappa shape index (κ3) is 1.89. The molecule has 0 aromatic heterocycles. The van der Waals surface area contributed by atoms with Crippen LogP contribution in [-0.2, 0) is 0 Å². The van der Waals surface area contributed by atoms with Gasteiger partial charge >= 0.3 is 0 Å². The average Bonchev–Trinajstić information content (AvgIpc) is 1.98. The van der Waals surface area contributed by atoms with Crippen molar-refractivity contribution in [3.05, 3.63) is 0 Å². The molecule has 2 rings (SSSR count). The van der Waals surface area contributed by atoms with Crippen LogP contribution in [0.25, 0.3) is 0 Å². The Morgan fingerprint density at radius 3 is 2.31 bits per heavy atom. The standard InChI is InChI=1S/C11H21NO/c1-7(2)8-5-9(6-8)12-10-3-4-11(10)13/h7-13H,3-6H2,1-2H3/t8?,9?,10-,11-/m1/s1. The molecule has 2 saturated carbocycles. The molecule has 0 amide bonds. The molecule has 0 aliphatic heterocycles. The fraction of sp³-hybridized carbons (Fsp3) is 1.00. The maximum Gasteiger partial charge on any atom is 0.0693 e. The molecule has 2 heteroatoms. The van der Waals surface area contributed by atoms with Crippen molar-refractivity contribution in [2.24, 2.45) is 11.8 Å². The van der Waals surface area contributed by atoms with Crippen molar-refractivity contribution in [3.8, 4) is 0 Å². The minimum absolute atomic E-state index is 0.0573. The lowest BCUT2D eigenvalue weighted by molar-refractivity contribution is 0.0271. The minimum atomic E-state index is -0.0573. The molecule has 2 aliphatic rings. The molecule has 0 bridgehead atoms. The first kappa shape index (κ1) is 9.47. The quantitative estimate of drug-likeness (QED) is 0.695. The van der Waals surface area contributed by atoms with Gasteiger partial charge in [0.25, 0.3) is 0 Å².